The average Bonchev–Trinajstić information content (AvgIpc) is 2.74. The lowest BCUT2D eigenvalue weighted by Crippen LogP contribution is -2.48. The van der Waals surface area contributed by atoms with Gasteiger partial charge in [0.15, 0.2) is 5.72 Å². The van der Waals surface area contributed by atoms with Crippen LogP contribution in [0.3, 0.4) is 0 Å². The van der Waals surface area contributed by atoms with Crippen molar-refractivity contribution >= 4 is 0 Å². The van der Waals surface area contributed by atoms with E-state index in [1.165, 1.54) is 6.07 Å². The van der Waals surface area contributed by atoms with E-state index in [2.05, 4.69) is 10.2 Å². The summed E-state index contributed by atoms with van der Waals surface area (Å²) in [5.41, 5.74) is 1.60. The van der Waals surface area contributed by atoms with Crippen LogP contribution in [0, 0.1) is 6.92 Å². The quantitative estimate of drug-likeness (QED) is 0.676. The van der Waals surface area contributed by atoms with Gasteiger partial charge in [-0.05, 0) is 13.0 Å². The van der Waals surface area contributed by atoms with Gasteiger partial charge < -0.3 is 0 Å². The first-order valence-electron chi connectivity index (χ1n) is 5.50. The molecule has 1 heterocycles. The van der Waals surface area contributed by atoms with Gasteiger partial charge in [0, 0.05) is 11.8 Å². The Balaban J connectivity index is 2.35. The lowest BCUT2D eigenvalue weighted by atomic mass is 10.0. The zero-order valence-electron chi connectivity index (χ0n) is 9.99. The fourth-order valence-corrected chi connectivity index (χ4v) is 1.88. The van der Waals surface area contributed by atoms with Crippen LogP contribution in [0.2, 0.25) is 0 Å². The van der Waals surface area contributed by atoms with Gasteiger partial charge in [-0.1, -0.05) is 29.8 Å². The second-order valence-corrected chi connectivity index (χ2v) is 4.10. The van der Waals surface area contributed by atoms with Gasteiger partial charge in [0.25, 0.3) is 0 Å². The Morgan fingerprint density at radius 3 is 2.53 bits per heavy atom. The number of halogens is 4. The number of alkyl halides is 4. The van der Waals surface area contributed by atoms with Gasteiger partial charge in [0.1, 0.15) is 0 Å². The summed E-state index contributed by atoms with van der Waals surface area (Å²) in [6.07, 6.45) is 2.12. The molecule has 1 aliphatic rings. The van der Waals surface area contributed by atoms with Crippen LogP contribution in [0.1, 0.15) is 11.1 Å². The second-order valence-electron chi connectivity index (χ2n) is 4.10. The molecule has 2 rings (SSSR count). The number of nitrogens with zero attached hydrogens (tertiary/aromatic N) is 1. The van der Waals surface area contributed by atoms with Crippen molar-refractivity contribution in [3.63, 3.8) is 0 Å². The summed E-state index contributed by atoms with van der Waals surface area (Å²) in [7, 11) is 0. The van der Waals surface area contributed by atoms with Gasteiger partial charge in [-0.3, -0.25) is 9.75 Å². The van der Waals surface area contributed by atoms with Gasteiger partial charge >= 0.3 is 13.2 Å². The molecule has 1 aliphatic heterocycles. The molecule has 0 aliphatic carbocycles. The first-order valence-corrected chi connectivity index (χ1v) is 5.50. The number of hydrogen-bond acceptors (Lipinski definition) is 3. The largest absolute Gasteiger partial charge is 0.347 e. The highest BCUT2D eigenvalue weighted by Crippen LogP contribution is 2.32. The Morgan fingerprint density at radius 2 is 2.00 bits per heavy atom. The third kappa shape index (κ3) is 2.87. The van der Waals surface area contributed by atoms with Crippen LogP contribution in [0.15, 0.2) is 36.5 Å². The van der Waals surface area contributed by atoms with Crippen molar-refractivity contribution in [1.29, 1.82) is 0 Å². The van der Waals surface area contributed by atoms with E-state index in [1.54, 1.807) is 25.1 Å². The molecule has 1 unspecified atom stereocenters. The molecule has 3 nitrogen and oxygen atoms in total. The summed E-state index contributed by atoms with van der Waals surface area (Å²) < 4.78 is 54.8. The fourth-order valence-electron chi connectivity index (χ4n) is 1.88. The Labute approximate surface area is 107 Å². The molecule has 0 amide bonds. The lowest BCUT2D eigenvalue weighted by Gasteiger charge is -2.31. The number of aryl methyl sites for hydroxylation is 1. The van der Waals surface area contributed by atoms with Gasteiger partial charge in [-0.25, -0.2) is 0 Å². The molecule has 0 aromatic heterocycles. The molecule has 7 heteroatoms. The summed E-state index contributed by atoms with van der Waals surface area (Å²) >= 11 is 0. The van der Waals surface area contributed by atoms with Crippen molar-refractivity contribution < 1.29 is 22.3 Å². The number of hydrogen-bond donors (Lipinski definition) is 1. The molecule has 1 atom stereocenters. The average molecular weight is 276 g/mol. The van der Waals surface area contributed by atoms with E-state index in [1.807, 2.05) is 0 Å². The molecule has 0 fully saturated rings. The minimum Gasteiger partial charge on any atom is -0.291 e. The Kier molecular flexibility index (Phi) is 3.77. The topological polar surface area (TPSA) is 24.5 Å². The highest BCUT2D eigenvalue weighted by molar-refractivity contribution is 5.32. The minimum absolute atomic E-state index is 0.326. The van der Waals surface area contributed by atoms with Crippen LogP contribution >= 0.6 is 0 Å². The maximum atomic E-state index is 12.6. The summed E-state index contributed by atoms with van der Waals surface area (Å²) in [6, 6.07) is 6.53. The molecule has 0 spiro atoms. The highest BCUT2D eigenvalue weighted by Gasteiger charge is 2.40. The van der Waals surface area contributed by atoms with Crippen LogP contribution < -0.4 is 5.43 Å². The molecule has 0 radical (unpaired) electrons. The zero-order valence-corrected chi connectivity index (χ0v) is 9.99. The second kappa shape index (κ2) is 5.18. The van der Waals surface area contributed by atoms with E-state index in [4.69, 9.17) is 0 Å². The van der Waals surface area contributed by atoms with Crippen LogP contribution in [-0.2, 0) is 10.5 Å². The molecule has 0 bridgehead atoms. The van der Waals surface area contributed by atoms with E-state index < -0.39 is 18.9 Å². The van der Waals surface area contributed by atoms with E-state index in [9.17, 15) is 17.6 Å². The molecular formula is C12H12F4N2O. The van der Waals surface area contributed by atoms with Gasteiger partial charge in [-0.2, -0.15) is 23.0 Å². The van der Waals surface area contributed by atoms with Crippen molar-refractivity contribution in [2.75, 3.05) is 0 Å². The number of ether oxygens (including phenoxy) is 1. The molecule has 1 aromatic rings. The lowest BCUT2D eigenvalue weighted by molar-refractivity contribution is -0.223. The summed E-state index contributed by atoms with van der Waals surface area (Å²) in [5, 5.41) is 0.421. The van der Waals surface area contributed by atoms with E-state index in [0.717, 1.165) is 17.8 Å². The van der Waals surface area contributed by atoms with Gasteiger partial charge in [0.05, 0.1) is 0 Å². The molecule has 19 heavy (non-hydrogen) atoms. The summed E-state index contributed by atoms with van der Waals surface area (Å²) in [6.45, 7) is -4.19. The molecule has 104 valence electrons. The van der Waals surface area contributed by atoms with Crippen LogP contribution in [0.25, 0.3) is 0 Å². The van der Waals surface area contributed by atoms with Crippen molar-refractivity contribution in [2.45, 2.75) is 25.8 Å². The van der Waals surface area contributed by atoms with E-state index in [-0.39, 0.29) is 0 Å². The fraction of sp³-hybridized carbons (Fsp3) is 0.333. The standard InChI is InChI=1S/C12H12F4N2O/c1-8-3-2-4-9(7-8)12(19-11(15)16)5-6-18(17-12)10(13)14/h2-7,10-11,17H,1H3. The van der Waals surface area contributed by atoms with Crippen molar-refractivity contribution in [1.82, 2.24) is 10.4 Å². The SMILES string of the molecule is Cc1cccc(C2(OC(F)F)C=CN(C(F)F)N2)c1. The normalized spacial score (nSPS) is 22.8. The predicted octanol–water partition coefficient (Wildman–Crippen LogP) is 2.94. The first-order chi connectivity index (χ1) is 8.93. The van der Waals surface area contributed by atoms with E-state index >= 15 is 0 Å². The number of rotatable bonds is 4. The molecule has 1 N–H and O–H groups in total. The molecule has 0 saturated heterocycles. The van der Waals surface area contributed by atoms with Gasteiger partial charge in [0.2, 0.25) is 0 Å². The maximum absolute atomic E-state index is 12.6. The maximum Gasteiger partial charge on any atom is 0.347 e. The zero-order chi connectivity index (χ0) is 14.0. The Hall–Kier alpha value is -1.60. The van der Waals surface area contributed by atoms with Crippen molar-refractivity contribution in [2.24, 2.45) is 0 Å². The van der Waals surface area contributed by atoms with Crippen LogP contribution in [0.5, 0.6) is 0 Å². The van der Waals surface area contributed by atoms with Crippen LogP contribution in [-0.4, -0.2) is 18.2 Å². The smallest absolute Gasteiger partial charge is 0.291 e. The van der Waals surface area contributed by atoms with E-state index in [0.29, 0.717) is 10.6 Å². The number of nitrogens with one attached hydrogen (secondary N) is 1. The molecule has 0 saturated carbocycles. The molecular weight excluding hydrogens is 264 g/mol. The number of hydrazine groups is 1. The monoisotopic (exact) mass is 276 g/mol. The Bertz CT molecular complexity index is 481. The van der Waals surface area contributed by atoms with Crippen molar-refractivity contribution in [3.8, 4) is 0 Å². The third-order valence-corrected chi connectivity index (χ3v) is 2.70. The van der Waals surface area contributed by atoms with Gasteiger partial charge in [-0.15, -0.1) is 0 Å². The van der Waals surface area contributed by atoms with Crippen molar-refractivity contribution in [3.05, 3.63) is 47.7 Å². The van der Waals surface area contributed by atoms with Crippen LogP contribution in [0.4, 0.5) is 17.6 Å². The highest BCUT2D eigenvalue weighted by atomic mass is 19.3. The summed E-state index contributed by atoms with van der Waals surface area (Å²) in [5.74, 6) is 0. The minimum atomic E-state index is -3.10. The number of benzene rings is 1. The Morgan fingerprint density at radius 1 is 1.26 bits per heavy atom. The third-order valence-electron chi connectivity index (χ3n) is 2.70. The predicted molar refractivity (Wildman–Crippen MR) is 60.1 cm³/mol. The summed E-state index contributed by atoms with van der Waals surface area (Å²) in [4.78, 5) is 0. The molecule has 1 aromatic carbocycles. The first kappa shape index (κ1) is 13.8.